The monoisotopic (exact) mass is 143 g/mol. The van der Waals surface area contributed by atoms with Gasteiger partial charge in [-0.1, -0.05) is 0 Å². The Morgan fingerprint density at radius 1 is 1.89 bits per heavy atom. The van der Waals surface area contributed by atoms with Crippen molar-refractivity contribution in [3.8, 4) is 0 Å². The molecule has 0 fully saturated rings. The minimum Gasteiger partial charge on any atom is -0.477 e. The van der Waals surface area contributed by atoms with Crippen molar-refractivity contribution >= 4 is 23.3 Å². The van der Waals surface area contributed by atoms with Crippen molar-refractivity contribution in [1.82, 2.24) is 0 Å². The van der Waals surface area contributed by atoms with Gasteiger partial charge < -0.3 is 5.11 Å². The van der Waals surface area contributed by atoms with Crippen molar-refractivity contribution in [2.45, 2.75) is 0 Å². The number of carboxylic acids is 1. The first-order chi connectivity index (χ1) is 4.30. The lowest BCUT2D eigenvalue weighted by atomic mass is 10.4. The van der Waals surface area contributed by atoms with E-state index in [-0.39, 0.29) is 5.70 Å². The molecule has 4 heteroatoms. The lowest BCUT2D eigenvalue weighted by Gasteiger charge is -1.98. The summed E-state index contributed by atoms with van der Waals surface area (Å²) in [6, 6.07) is 0. The van der Waals surface area contributed by atoms with Crippen LogP contribution in [0.2, 0.25) is 0 Å². The van der Waals surface area contributed by atoms with E-state index in [1.807, 2.05) is 0 Å². The molecule has 0 amide bonds. The van der Waals surface area contributed by atoms with Crippen molar-refractivity contribution in [2.24, 2.45) is 4.99 Å². The number of aliphatic carboxylic acids is 1. The molecule has 1 rings (SSSR count). The molecule has 0 bridgehead atoms. The van der Waals surface area contributed by atoms with E-state index in [4.69, 9.17) is 5.11 Å². The first kappa shape index (κ1) is 6.35. The van der Waals surface area contributed by atoms with Gasteiger partial charge in [-0.25, -0.2) is 9.79 Å². The predicted molar refractivity (Wildman–Crippen MR) is 36.7 cm³/mol. The topological polar surface area (TPSA) is 49.7 Å². The number of thioether (sulfide) groups is 1. The number of carboxylic acid groups (broad SMARTS) is 1. The van der Waals surface area contributed by atoms with Crippen LogP contribution in [0, 0.1) is 0 Å². The first-order valence-corrected chi connectivity index (χ1v) is 3.43. The van der Waals surface area contributed by atoms with Gasteiger partial charge in [-0.3, -0.25) is 0 Å². The van der Waals surface area contributed by atoms with E-state index in [2.05, 4.69) is 4.99 Å². The molecule has 0 saturated carbocycles. The Hall–Kier alpha value is -0.770. The molecule has 0 atom stereocenters. The molecule has 3 nitrogen and oxygen atoms in total. The van der Waals surface area contributed by atoms with E-state index in [0.29, 0.717) is 5.75 Å². The van der Waals surface area contributed by atoms with Gasteiger partial charge in [0.2, 0.25) is 0 Å². The number of carbonyl (C=O) groups is 1. The summed E-state index contributed by atoms with van der Waals surface area (Å²) in [5, 5.41) is 8.35. The van der Waals surface area contributed by atoms with Gasteiger partial charge in [-0.2, -0.15) is 0 Å². The van der Waals surface area contributed by atoms with Crippen LogP contribution in [0.3, 0.4) is 0 Å². The molecule has 0 saturated heterocycles. The maximum Gasteiger partial charge on any atom is 0.354 e. The highest BCUT2D eigenvalue weighted by atomic mass is 32.2. The zero-order chi connectivity index (χ0) is 6.69. The summed E-state index contributed by atoms with van der Waals surface area (Å²) in [5.74, 6) is -0.239. The third kappa shape index (κ3) is 1.57. The molecule has 1 heterocycles. The minimum absolute atomic E-state index is 0.147. The lowest BCUT2D eigenvalue weighted by molar-refractivity contribution is -0.132. The van der Waals surface area contributed by atoms with Crippen molar-refractivity contribution in [2.75, 3.05) is 5.75 Å². The predicted octanol–water partition coefficient (Wildman–Crippen LogP) is 0.730. The van der Waals surface area contributed by atoms with Crippen LogP contribution in [-0.2, 0) is 4.79 Å². The fourth-order valence-corrected chi connectivity index (χ4v) is 0.988. The zero-order valence-electron chi connectivity index (χ0n) is 4.57. The van der Waals surface area contributed by atoms with Crippen molar-refractivity contribution < 1.29 is 9.90 Å². The number of rotatable bonds is 1. The molecule has 1 aliphatic heterocycles. The third-order valence-corrected chi connectivity index (χ3v) is 1.47. The summed E-state index contributed by atoms with van der Waals surface area (Å²) in [7, 11) is 0. The van der Waals surface area contributed by atoms with Crippen LogP contribution >= 0.6 is 11.8 Å². The molecular weight excluding hydrogens is 138 g/mol. The van der Waals surface area contributed by atoms with Gasteiger partial charge in [-0.15, -0.1) is 11.8 Å². The molecule has 0 radical (unpaired) electrons. The molecule has 9 heavy (non-hydrogen) atoms. The van der Waals surface area contributed by atoms with Crippen LogP contribution in [-0.4, -0.2) is 22.4 Å². The smallest absolute Gasteiger partial charge is 0.354 e. The van der Waals surface area contributed by atoms with Crippen molar-refractivity contribution in [1.29, 1.82) is 0 Å². The Kier molecular flexibility index (Phi) is 1.89. The Balaban J connectivity index is 2.69. The van der Waals surface area contributed by atoms with E-state index < -0.39 is 5.97 Å². The Morgan fingerprint density at radius 2 is 2.67 bits per heavy atom. The lowest BCUT2D eigenvalue weighted by Crippen LogP contribution is -2.00. The maximum absolute atomic E-state index is 10.2. The molecule has 0 spiro atoms. The average molecular weight is 143 g/mol. The van der Waals surface area contributed by atoms with E-state index in [0.717, 1.165) is 0 Å². The Morgan fingerprint density at radius 3 is 3.00 bits per heavy atom. The maximum atomic E-state index is 10.2. The van der Waals surface area contributed by atoms with E-state index in [1.54, 1.807) is 11.6 Å². The summed E-state index contributed by atoms with van der Waals surface area (Å²) in [5.41, 5.74) is 1.69. The highest BCUT2D eigenvalue weighted by molar-refractivity contribution is 8.12. The van der Waals surface area contributed by atoms with Gasteiger partial charge in [0.25, 0.3) is 0 Å². The molecule has 48 valence electrons. The molecule has 0 unspecified atom stereocenters. The third-order valence-electron chi connectivity index (χ3n) is 0.858. The molecule has 0 aromatic heterocycles. The fourth-order valence-electron chi connectivity index (χ4n) is 0.459. The Labute approximate surface area is 56.5 Å². The first-order valence-electron chi connectivity index (χ1n) is 2.38. The van der Waals surface area contributed by atoms with Gasteiger partial charge in [0, 0.05) is 5.75 Å². The molecule has 1 aliphatic rings. The van der Waals surface area contributed by atoms with E-state index >= 15 is 0 Å². The number of hydrogen-bond acceptors (Lipinski definition) is 3. The van der Waals surface area contributed by atoms with Gasteiger partial charge >= 0.3 is 5.97 Å². The second-order valence-corrected chi connectivity index (χ2v) is 2.34. The average Bonchev–Trinajstić information content (AvgIpc) is 1.90. The van der Waals surface area contributed by atoms with Crippen LogP contribution in [0.15, 0.2) is 16.8 Å². The molecule has 1 N–H and O–H groups in total. The second-order valence-electron chi connectivity index (χ2n) is 1.46. The summed E-state index contributed by atoms with van der Waals surface area (Å²) < 4.78 is 0. The SMILES string of the molecule is O=C(O)C1=CCSC=N1. The highest BCUT2D eigenvalue weighted by Crippen LogP contribution is 2.08. The second kappa shape index (κ2) is 2.68. The van der Waals surface area contributed by atoms with Crippen LogP contribution in [0.5, 0.6) is 0 Å². The van der Waals surface area contributed by atoms with Gasteiger partial charge in [0.05, 0.1) is 5.55 Å². The van der Waals surface area contributed by atoms with Crippen LogP contribution < -0.4 is 0 Å². The van der Waals surface area contributed by atoms with Crippen molar-refractivity contribution in [3.05, 3.63) is 11.8 Å². The summed E-state index contributed by atoms with van der Waals surface area (Å²) in [4.78, 5) is 13.8. The van der Waals surface area contributed by atoms with E-state index in [1.165, 1.54) is 11.8 Å². The van der Waals surface area contributed by atoms with Crippen LogP contribution in [0.4, 0.5) is 0 Å². The minimum atomic E-state index is -0.952. The number of nitrogens with zero attached hydrogens (tertiary/aromatic N) is 1. The van der Waals surface area contributed by atoms with E-state index in [9.17, 15) is 4.79 Å². The Bertz CT molecular complexity index is 185. The highest BCUT2D eigenvalue weighted by Gasteiger charge is 2.05. The quantitative estimate of drug-likeness (QED) is 0.588. The molecule has 0 aliphatic carbocycles. The van der Waals surface area contributed by atoms with Crippen LogP contribution in [0.1, 0.15) is 0 Å². The van der Waals surface area contributed by atoms with Gasteiger partial charge in [0.1, 0.15) is 5.70 Å². The van der Waals surface area contributed by atoms with Gasteiger partial charge in [0.15, 0.2) is 0 Å². The number of hydrogen-bond donors (Lipinski definition) is 1. The molecule has 0 aromatic rings. The molecular formula is C5H5NO2S. The fraction of sp³-hybridized carbons (Fsp3) is 0.200. The van der Waals surface area contributed by atoms with Gasteiger partial charge in [-0.05, 0) is 6.08 Å². The van der Waals surface area contributed by atoms with Crippen molar-refractivity contribution in [3.63, 3.8) is 0 Å². The zero-order valence-corrected chi connectivity index (χ0v) is 5.39. The largest absolute Gasteiger partial charge is 0.477 e. The molecule has 0 aromatic carbocycles. The normalized spacial score (nSPS) is 17.1. The summed E-state index contributed by atoms with van der Waals surface area (Å²) in [6.07, 6.45) is 1.59. The van der Waals surface area contributed by atoms with Crippen LogP contribution in [0.25, 0.3) is 0 Å². The summed E-state index contributed by atoms with van der Waals surface area (Å²) in [6.45, 7) is 0. The summed E-state index contributed by atoms with van der Waals surface area (Å²) >= 11 is 1.48. The number of aliphatic imine (C=N–C) groups is 1. The standard InChI is InChI=1S/C5H5NO2S/c7-5(8)4-1-2-9-3-6-4/h1,3H,2H2,(H,7,8).